The van der Waals surface area contributed by atoms with Gasteiger partial charge in [0, 0.05) is 19.3 Å². The number of hydrogen-bond donors (Lipinski definition) is 2. The minimum Gasteiger partial charge on any atom is -0.394 e. The first-order chi connectivity index (χ1) is 26.1. The summed E-state index contributed by atoms with van der Waals surface area (Å²) in [4.78, 5) is 24.6. The molecule has 0 radical (unpaired) electrons. The zero-order valence-electron chi connectivity index (χ0n) is 36.5. The molecule has 0 aliphatic carbocycles. The molecule has 0 heterocycles. The SMILES string of the molecule is CCCCCCCCCCCCCCCCCCCC(=O)CCCCCCCCCCC(=O)NC(CO)CCCCCCCCCCCCCCCC. The average Bonchev–Trinajstić information content (AvgIpc) is 3.16. The minimum atomic E-state index is -0.0782. The number of aliphatic hydroxyl groups is 1. The van der Waals surface area contributed by atoms with Crippen molar-refractivity contribution in [1.29, 1.82) is 0 Å². The van der Waals surface area contributed by atoms with Crippen LogP contribution in [0.1, 0.15) is 290 Å². The number of Topliss-reactive ketones (excluding diaryl/α,β-unsaturated/α-hetero) is 1. The van der Waals surface area contributed by atoms with E-state index in [1.165, 1.54) is 218 Å². The molecular weight excluding hydrogens is 651 g/mol. The van der Waals surface area contributed by atoms with Crippen LogP contribution in [-0.2, 0) is 9.59 Å². The molecule has 0 saturated carbocycles. The summed E-state index contributed by atoms with van der Waals surface area (Å²) in [7, 11) is 0. The maximum Gasteiger partial charge on any atom is 0.220 e. The zero-order chi connectivity index (χ0) is 38.6. The Morgan fingerprint density at radius 3 is 0.887 bits per heavy atom. The van der Waals surface area contributed by atoms with Crippen LogP contribution in [0.3, 0.4) is 0 Å². The second-order valence-corrected chi connectivity index (χ2v) is 17.1. The molecule has 0 fully saturated rings. The van der Waals surface area contributed by atoms with Gasteiger partial charge in [-0.25, -0.2) is 0 Å². The van der Waals surface area contributed by atoms with Crippen LogP contribution in [0.4, 0.5) is 0 Å². The van der Waals surface area contributed by atoms with Gasteiger partial charge in [-0.2, -0.15) is 0 Å². The Balaban J connectivity index is 3.39. The van der Waals surface area contributed by atoms with Crippen molar-refractivity contribution in [3.05, 3.63) is 0 Å². The van der Waals surface area contributed by atoms with E-state index in [-0.39, 0.29) is 18.6 Å². The van der Waals surface area contributed by atoms with Crippen molar-refractivity contribution >= 4 is 11.7 Å². The molecule has 2 N–H and O–H groups in total. The fourth-order valence-corrected chi connectivity index (χ4v) is 7.93. The Kier molecular flexibility index (Phi) is 44.7. The van der Waals surface area contributed by atoms with Crippen molar-refractivity contribution < 1.29 is 14.7 Å². The molecule has 0 spiro atoms. The topological polar surface area (TPSA) is 66.4 Å². The number of hydrogen-bond acceptors (Lipinski definition) is 3. The molecule has 0 aromatic rings. The molecule has 1 unspecified atom stereocenters. The van der Waals surface area contributed by atoms with Gasteiger partial charge in [0.25, 0.3) is 0 Å². The van der Waals surface area contributed by atoms with Crippen molar-refractivity contribution in [3.63, 3.8) is 0 Å². The van der Waals surface area contributed by atoms with Crippen LogP contribution in [0.15, 0.2) is 0 Å². The molecule has 0 aliphatic heterocycles. The quantitative estimate of drug-likeness (QED) is 0.0609. The maximum atomic E-state index is 12.4. The van der Waals surface area contributed by atoms with Crippen molar-refractivity contribution in [2.24, 2.45) is 0 Å². The monoisotopic (exact) mass is 748 g/mol. The lowest BCUT2D eigenvalue weighted by Gasteiger charge is -2.16. The molecule has 1 amide bonds. The van der Waals surface area contributed by atoms with Crippen molar-refractivity contribution in [1.82, 2.24) is 5.32 Å². The highest BCUT2D eigenvalue weighted by atomic mass is 16.3. The fourth-order valence-electron chi connectivity index (χ4n) is 7.93. The second kappa shape index (κ2) is 45.5. The summed E-state index contributed by atoms with van der Waals surface area (Å²) in [5, 5.41) is 12.8. The van der Waals surface area contributed by atoms with Gasteiger partial charge in [-0.1, -0.05) is 245 Å². The lowest BCUT2D eigenvalue weighted by Crippen LogP contribution is -2.37. The smallest absolute Gasteiger partial charge is 0.220 e. The number of carbonyl (C=O) groups is 2. The predicted molar refractivity (Wildman–Crippen MR) is 234 cm³/mol. The highest BCUT2D eigenvalue weighted by Crippen LogP contribution is 2.17. The third-order valence-corrected chi connectivity index (χ3v) is 11.7. The normalized spacial score (nSPS) is 12.1. The van der Waals surface area contributed by atoms with Gasteiger partial charge in [-0.3, -0.25) is 9.59 Å². The fraction of sp³-hybridized carbons (Fsp3) is 0.959. The Bertz CT molecular complexity index is 725. The summed E-state index contributed by atoms with van der Waals surface area (Å²) in [5.74, 6) is 0.584. The first-order valence-corrected chi connectivity index (χ1v) is 24.6. The first kappa shape index (κ1) is 52.1. The minimum absolute atomic E-state index is 0.0509. The van der Waals surface area contributed by atoms with Gasteiger partial charge < -0.3 is 10.4 Å². The summed E-state index contributed by atoms with van der Waals surface area (Å²) in [6, 6.07) is -0.0782. The third-order valence-electron chi connectivity index (χ3n) is 11.7. The molecule has 0 rings (SSSR count). The van der Waals surface area contributed by atoms with Crippen LogP contribution >= 0.6 is 0 Å². The summed E-state index contributed by atoms with van der Waals surface area (Å²) in [6.45, 7) is 4.62. The van der Waals surface area contributed by atoms with E-state index in [4.69, 9.17) is 0 Å². The predicted octanol–water partition coefficient (Wildman–Crippen LogP) is 15.8. The molecule has 316 valence electrons. The van der Waals surface area contributed by atoms with Gasteiger partial charge >= 0.3 is 0 Å². The number of rotatable bonds is 46. The molecule has 53 heavy (non-hydrogen) atoms. The van der Waals surface area contributed by atoms with E-state index in [1.807, 2.05) is 0 Å². The summed E-state index contributed by atoms with van der Waals surface area (Å²) < 4.78 is 0. The van der Waals surface area contributed by atoms with Crippen LogP contribution in [0.5, 0.6) is 0 Å². The van der Waals surface area contributed by atoms with Crippen molar-refractivity contribution in [2.45, 2.75) is 296 Å². The molecule has 1 atom stereocenters. The Morgan fingerprint density at radius 1 is 0.358 bits per heavy atom. The van der Waals surface area contributed by atoms with E-state index in [1.54, 1.807) is 0 Å². The average molecular weight is 748 g/mol. The molecular formula is C49H97NO3. The molecule has 0 aromatic heterocycles. The van der Waals surface area contributed by atoms with E-state index < -0.39 is 0 Å². The Morgan fingerprint density at radius 2 is 0.604 bits per heavy atom. The van der Waals surface area contributed by atoms with E-state index in [9.17, 15) is 14.7 Å². The summed E-state index contributed by atoms with van der Waals surface area (Å²) in [5.41, 5.74) is 0. The third kappa shape index (κ3) is 43.7. The van der Waals surface area contributed by atoms with Gasteiger partial charge in [0.1, 0.15) is 5.78 Å². The number of unbranched alkanes of at least 4 members (excludes halogenated alkanes) is 36. The number of aliphatic hydroxyl groups excluding tert-OH is 1. The van der Waals surface area contributed by atoms with Crippen LogP contribution in [0.2, 0.25) is 0 Å². The number of nitrogens with one attached hydrogen (secondary N) is 1. The Labute approximate surface area is 333 Å². The first-order valence-electron chi connectivity index (χ1n) is 24.6. The van der Waals surface area contributed by atoms with Crippen molar-refractivity contribution in [3.8, 4) is 0 Å². The van der Waals surface area contributed by atoms with Gasteiger partial charge in [0.15, 0.2) is 0 Å². The standard InChI is InChI=1S/C49H97NO3/c1-3-5-7-9-11-13-15-17-19-20-21-23-25-27-31-35-39-43-48(52)44-40-36-32-28-29-33-37-41-45-49(53)50-47(46-51)42-38-34-30-26-24-22-18-16-14-12-10-8-6-4-2/h47,51H,3-46H2,1-2H3,(H,50,53). The number of carbonyl (C=O) groups excluding carboxylic acids is 2. The van der Waals surface area contributed by atoms with E-state index in [0.29, 0.717) is 12.2 Å². The molecule has 0 saturated heterocycles. The van der Waals surface area contributed by atoms with Crippen molar-refractivity contribution in [2.75, 3.05) is 6.61 Å². The lowest BCUT2D eigenvalue weighted by molar-refractivity contribution is -0.122. The molecule has 4 heteroatoms. The molecule has 0 aromatic carbocycles. The van der Waals surface area contributed by atoms with Gasteiger partial charge in [-0.05, 0) is 25.7 Å². The maximum absolute atomic E-state index is 12.4. The van der Waals surface area contributed by atoms with Gasteiger partial charge in [-0.15, -0.1) is 0 Å². The van der Waals surface area contributed by atoms with Gasteiger partial charge in [0.05, 0.1) is 12.6 Å². The van der Waals surface area contributed by atoms with Crippen LogP contribution in [-0.4, -0.2) is 29.4 Å². The van der Waals surface area contributed by atoms with Crippen LogP contribution in [0.25, 0.3) is 0 Å². The van der Waals surface area contributed by atoms with E-state index in [0.717, 1.165) is 51.4 Å². The number of amides is 1. The highest BCUT2D eigenvalue weighted by Gasteiger charge is 2.11. The van der Waals surface area contributed by atoms with Crippen LogP contribution in [0, 0.1) is 0 Å². The Hall–Kier alpha value is -0.900. The summed E-state index contributed by atoms with van der Waals surface area (Å²) >= 11 is 0. The van der Waals surface area contributed by atoms with Gasteiger partial charge in [0.2, 0.25) is 5.91 Å². The van der Waals surface area contributed by atoms with E-state index >= 15 is 0 Å². The second-order valence-electron chi connectivity index (χ2n) is 17.1. The largest absolute Gasteiger partial charge is 0.394 e. The zero-order valence-corrected chi connectivity index (χ0v) is 36.5. The molecule has 0 aliphatic rings. The summed E-state index contributed by atoms with van der Waals surface area (Å²) in [6.07, 6.45) is 54.6. The lowest BCUT2D eigenvalue weighted by atomic mass is 10.0. The molecule has 0 bridgehead atoms. The molecule has 4 nitrogen and oxygen atoms in total. The highest BCUT2D eigenvalue weighted by molar-refractivity contribution is 5.78. The van der Waals surface area contributed by atoms with E-state index in [2.05, 4.69) is 19.2 Å². The van der Waals surface area contributed by atoms with Crippen LogP contribution < -0.4 is 5.32 Å². The number of ketones is 1.